The van der Waals surface area contributed by atoms with Gasteiger partial charge in [-0.1, -0.05) is 17.7 Å². The Balaban J connectivity index is 2.00. The molecule has 0 amide bonds. The predicted molar refractivity (Wildman–Crippen MR) is 109 cm³/mol. The van der Waals surface area contributed by atoms with Crippen LogP contribution in [-0.4, -0.2) is 17.0 Å². The second-order valence-corrected chi connectivity index (χ2v) is 7.20. The number of alkyl halides is 3. The monoisotopic (exact) mass is 484 g/mol. The van der Waals surface area contributed by atoms with Gasteiger partial charge in [-0.05, 0) is 65.9 Å². The minimum Gasteiger partial charge on any atom is -0.329 e. The fourth-order valence-corrected chi connectivity index (χ4v) is 2.80. The van der Waals surface area contributed by atoms with Gasteiger partial charge in [0.25, 0.3) is 0 Å². The largest absolute Gasteiger partial charge is 0.421 e. The summed E-state index contributed by atoms with van der Waals surface area (Å²) in [6.07, 6.45) is -3.75. The smallest absolute Gasteiger partial charge is 0.329 e. The van der Waals surface area contributed by atoms with Gasteiger partial charge in [-0.15, -0.1) is 0 Å². The Morgan fingerprint density at radius 3 is 2.22 bits per heavy atom. The first-order valence-electron chi connectivity index (χ1n) is 8.01. The third-order valence-electron chi connectivity index (χ3n) is 3.91. The molecule has 1 heterocycles. The zero-order valence-electron chi connectivity index (χ0n) is 14.5. The molecule has 2 aromatic carbocycles. The number of hydrogen-bond donors (Lipinski definition) is 1. The summed E-state index contributed by atoms with van der Waals surface area (Å²) in [5.41, 5.74) is 1.43. The van der Waals surface area contributed by atoms with Gasteiger partial charge in [0.15, 0.2) is 5.82 Å². The number of nitrogens with zero attached hydrogens (tertiary/aromatic N) is 3. The molecule has 140 valence electrons. The summed E-state index contributed by atoms with van der Waals surface area (Å²) in [5, 5.41) is 2.95. The van der Waals surface area contributed by atoms with Crippen molar-refractivity contribution in [1.82, 2.24) is 9.97 Å². The molecule has 0 fully saturated rings. The van der Waals surface area contributed by atoms with E-state index in [2.05, 4.69) is 37.9 Å². The molecule has 3 aromatic rings. The molecule has 0 radical (unpaired) electrons. The first kappa shape index (κ1) is 19.4. The molecule has 3 rings (SSSR count). The van der Waals surface area contributed by atoms with Gasteiger partial charge in [0.1, 0.15) is 5.56 Å². The standard InChI is InChI=1S/C19H16F3IN4/c1-12-3-9-15(10-4-12)27(2)17-16(19(20,21)22)11-24-18(26-17)25-14-7-5-13(23)6-8-14/h3-11H,1-2H3,(H,24,25,26). The van der Waals surface area contributed by atoms with E-state index in [-0.39, 0.29) is 11.8 Å². The van der Waals surface area contributed by atoms with Gasteiger partial charge in [0, 0.05) is 28.2 Å². The summed E-state index contributed by atoms with van der Waals surface area (Å²) < 4.78 is 41.4. The minimum atomic E-state index is -4.56. The van der Waals surface area contributed by atoms with Crippen molar-refractivity contribution in [3.05, 3.63) is 69.4 Å². The van der Waals surface area contributed by atoms with Gasteiger partial charge in [-0.2, -0.15) is 18.2 Å². The van der Waals surface area contributed by atoms with E-state index in [9.17, 15) is 13.2 Å². The fourth-order valence-electron chi connectivity index (χ4n) is 2.44. The predicted octanol–water partition coefficient (Wildman–Crippen LogP) is 5.92. The number of aryl methyl sites for hydroxylation is 1. The minimum absolute atomic E-state index is 0.0955. The van der Waals surface area contributed by atoms with Crippen molar-refractivity contribution in [2.45, 2.75) is 13.1 Å². The summed E-state index contributed by atoms with van der Waals surface area (Å²) in [4.78, 5) is 9.39. The third-order valence-corrected chi connectivity index (χ3v) is 4.63. The van der Waals surface area contributed by atoms with Gasteiger partial charge in [-0.25, -0.2) is 4.98 Å². The molecule has 0 aliphatic carbocycles. The summed E-state index contributed by atoms with van der Waals surface area (Å²) in [7, 11) is 1.55. The number of hydrogen-bond acceptors (Lipinski definition) is 4. The van der Waals surface area contributed by atoms with E-state index >= 15 is 0 Å². The van der Waals surface area contributed by atoms with Crippen LogP contribution in [0.2, 0.25) is 0 Å². The number of rotatable bonds is 4. The molecule has 4 nitrogen and oxygen atoms in total. The average Bonchev–Trinajstić information content (AvgIpc) is 2.63. The second kappa shape index (κ2) is 7.71. The third kappa shape index (κ3) is 4.68. The summed E-state index contributed by atoms with van der Waals surface area (Å²) in [5.74, 6) is -0.118. The van der Waals surface area contributed by atoms with Crippen LogP contribution in [0.1, 0.15) is 11.1 Å². The molecule has 0 atom stereocenters. The molecule has 1 aromatic heterocycles. The SMILES string of the molecule is Cc1ccc(N(C)c2nc(Nc3ccc(I)cc3)ncc2C(F)(F)F)cc1. The van der Waals surface area contributed by atoms with E-state index in [1.807, 2.05) is 43.3 Å². The fraction of sp³-hybridized carbons (Fsp3) is 0.158. The maximum Gasteiger partial charge on any atom is 0.421 e. The lowest BCUT2D eigenvalue weighted by Gasteiger charge is -2.23. The molecule has 8 heteroatoms. The van der Waals surface area contributed by atoms with Crippen molar-refractivity contribution >= 4 is 45.7 Å². The van der Waals surface area contributed by atoms with E-state index in [4.69, 9.17) is 0 Å². The summed E-state index contributed by atoms with van der Waals surface area (Å²) in [6.45, 7) is 1.92. The van der Waals surface area contributed by atoms with E-state index < -0.39 is 11.7 Å². The Bertz CT molecular complexity index is 925. The van der Waals surface area contributed by atoms with Gasteiger partial charge in [0.05, 0.1) is 0 Å². The van der Waals surface area contributed by atoms with Crippen molar-refractivity contribution in [3.8, 4) is 0 Å². The highest BCUT2D eigenvalue weighted by atomic mass is 127. The highest BCUT2D eigenvalue weighted by molar-refractivity contribution is 14.1. The molecule has 27 heavy (non-hydrogen) atoms. The number of nitrogens with one attached hydrogen (secondary N) is 1. The zero-order chi connectivity index (χ0) is 19.6. The molecular weight excluding hydrogens is 468 g/mol. The van der Waals surface area contributed by atoms with Crippen LogP contribution in [0, 0.1) is 10.5 Å². The zero-order valence-corrected chi connectivity index (χ0v) is 16.7. The van der Waals surface area contributed by atoms with Crippen LogP contribution < -0.4 is 10.2 Å². The molecular formula is C19H16F3IN4. The quantitative estimate of drug-likeness (QED) is 0.467. The van der Waals surface area contributed by atoms with Crippen LogP contribution >= 0.6 is 22.6 Å². The van der Waals surface area contributed by atoms with E-state index in [0.717, 1.165) is 15.3 Å². The Hall–Kier alpha value is -2.36. The lowest BCUT2D eigenvalue weighted by Crippen LogP contribution is -2.19. The van der Waals surface area contributed by atoms with Crippen LogP contribution in [0.25, 0.3) is 0 Å². The Morgan fingerprint density at radius 1 is 1.00 bits per heavy atom. The van der Waals surface area contributed by atoms with Crippen LogP contribution in [0.3, 0.4) is 0 Å². The average molecular weight is 484 g/mol. The van der Waals surface area contributed by atoms with Crippen LogP contribution in [0.4, 0.5) is 36.3 Å². The van der Waals surface area contributed by atoms with Gasteiger partial charge in [-0.3, -0.25) is 0 Å². The molecule has 0 aliphatic heterocycles. The number of halogens is 4. The first-order valence-corrected chi connectivity index (χ1v) is 9.09. The molecule has 0 unspecified atom stereocenters. The maximum atomic E-state index is 13.5. The van der Waals surface area contributed by atoms with Gasteiger partial charge in [0.2, 0.25) is 5.95 Å². The molecule has 0 spiro atoms. The number of aromatic nitrogens is 2. The normalized spacial score (nSPS) is 11.3. The van der Waals surface area contributed by atoms with Crippen LogP contribution in [0.15, 0.2) is 54.7 Å². The second-order valence-electron chi connectivity index (χ2n) is 5.96. The van der Waals surface area contributed by atoms with Crippen molar-refractivity contribution in [2.24, 2.45) is 0 Å². The summed E-state index contributed by atoms with van der Waals surface area (Å²) >= 11 is 2.17. The van der Waals surface area contributed by atoms with E-state index in [1.54, 1.807) is 19.2 Å². The topological polar surface area (TPSA) is 41.1 Å². The maximum absolute atomic E-state index is 13.5. The molecule has 0 aliphatic rings. The lowest BCUT2D eigenvalue weighted by atomic mass is 10.2. The van der Waals surface area contributed by atoms with Crippen molar-refractivity contribution < 1.29 is 13.2 Å². The van der Waals surface area contributed by atoms with Crippen LogP contribution in [0.5, 0.6) is 0 Å². The Kier molecular flexibility index (Phi) is 5.54. The number of benzene rings is 2. The van der Waals surface area contributed by atoms with Crippen LogP contribution in [-0.2, 0) is 6.18 Å². The molecule has 0 bridgehead atoms. The highest BCUT2D eigenvalue weighted by Gasteiger charge is 2.36. The van der Waals surface area contributed by atoms with E-state index in [1.165, 1.54) is 4.90 Å². The Labute approximate surface area is 168 Å². The molecule has 0 saturated heterocycles. The molecule has 0 saturated carbocycles. The highest BCUT2D eigenvalue weighted by Crippen LogP contribution is 2.37. The van der Waals surface area contributed by atoms with Crippen molar-refractivity contribution in [1.29, 1.82) is 0 Å². The lowest BCUT2D eigenvalue weighted by molar-refractivity contribution is -0.137. The van der Waals surface area contributed by atoms with Gasteiger partial charge < -0.3 is 10.2 Å². The molecule has 1 N–H and O–H groups in total. The summed E-state index contributed by atoms with van der Waals surface area (Å²) in [6, 6.07) is 14.6. The Morgan fingerprint density at radius 2 is 1.63 bits per heavy atom. The van der Waals surface area contributed by atoms with Crippen molar-refractivity contribution in [3.63, 3.8) is 0 Å². The number of anilines is 4. The first-order chi connectivity index (χ1) is 12.7. The van der Waals surface area contributed by atoms with E-state index in [0.29, 0.717) is 11.4 Å². The van der Waals surface area contributed by atoms with Gasteiger partial charge >= 0.3 is 6.18 Å². The van der Waals surface area contributed by atoms with Crippen molar-refractivity contribution in [2.75, 3.05) is 17.3 Å².